The molecule has 0 radical (unpaired) electrons. The molecule has 0 bridgehead atoms. The molecule has 0 spiro atoms. The number of nitrogens with one attached hydrogen (secondary N) is 1. The zero-order valence-corrected chi connectivity index (χ0v) is 14.2. The van der Waals surface area contributed by atoms with Crippen LogP contribution in [0.4, 0.5) is 8.78 Å². The fourth-order valence-corrected chi connectivity index (χ4v) is 2.78. The molecule has 0 amide bonds. The predicted octanol–water partition coefficient (Wildman–Crippen LogP) is 5.54. The molecule has 0 saturated heterocycles. The van der Waals surface area contributed by atoms with Gasteiger partial charge in [-0.25, -0.2) is 8.78 Å². The molecular weight excluding hydrogens is 383 g/mol. The highest BCUT2D eigenvalue weighted by Gasteiger charge is 2.20. The predicted molar refractivity (Wildman–Crippen MR) is 86.0 cm³/mol. The normalized spacial score (nSPS) is 12.5. The summed E-state index contributed by atoms with van der Waals surface area (Å²) in [5.41, 5.74) is 0.797. The summed E-state index contributed by atoms with van der Waals surface area (Å²) in [6.45, 7) is 0. The minimum absolute atomic E-state index is 0.0133. The van der Waals surface area contributed by atoms with Gasteiger partial charge in [0.15, 0.2) is 0 Å². The highest BCUT2D eigenvalue weighted by atomic mass is 79.9. The van der Waals surface area contributed by atoms with E-state index in [2.05, 4.69) is 21.2 Å². The molecule has 21 heavy (non-hydrogen) atoms. The largest absolute Gasteiger partial charge is 0.313 e. The molecule has 112 valence electrons. The highest BCUT2D eigenvalue weighted by molar-refractivity contribution is 9.10. The molecule has 1 N–H and O–H groups in total. The lowest BCUT2D eigenvalue weighted by molar-refractivity contribution is 0.519. The van der Waals surface area contributed by atoms with Gasteiger partial charge in [-0.1, -0.05) is 41.4 Å². The molecule has 0 aliphatic carbocycles. The average Bonchev–Trinajstić information content (AvgIpc) is 2.47. The molecule has 2 rings (SSSR count). The number of hydrogen-bond donors (Lipinski definition) is 1. The summed E-state index contributed by atoms with van der Waals surface area (Å²) in [5, 5.41) is 3.04. The van der Waals surface area contributed by atoms with Gasteiger partial charge in [-0.2, -0.15) is 0 Å². The summed E-state index contributed by atoms with van der Waals surface area (Å²) in [6, 6.07) is 7.64. The van der Waals surface area contributed by atoms with Crippen LogP contribution in [0.25, 0.3) is 0 Å². The summed E-state index contributed by atoms with van der Waals surface area (Å²) in [4.78, 5) is 0. The Bertz CT molecular complexity index is 664. The van der Waals surface area contributed by atoms with Crippen molar-refractivity contribution < 1.29 is 8.78 Å². The van der Waals surface area contributed by atoms with Gasteiger partial charge in [-0.15, -0.1) is 0 Å². The van der Waals surface area contributed by atoms with E-state index in [1.54, 1.807) is 31.3 Å². The van der Waals surface area contributed by atoms with Crippen LogP contribution in [0, 0.1) is 11.6 Å². The van der Waals surface area contributed by atoms with E-state index < -0.39 is 17.7 Å². The molecule has 1 atom stereocenters. The van der Waals surface area contributed by atoms with Crippen LogP contribution in [0.2, 0.25) is 10.0 Å². The van der Waals surface area contributed by atoms with Crippen LogP contribution in [-0.2, 0) is 6.42 Å². The van der Waals surface area contributed by atoms with Gasteiger partial charge in [0.1, 0.15) is 11.6 Å². The first-order chi connectivity index (χ1) is 9.95. The Morgan fingerprint density at radius 3 is 2.52 bits per heavy atom. The fraction of sp³-hybridized carbons (Fsp3) is 0.200. The van der Waals surface area contributed by atoms with E-state index in [1.807, 2.05) is 0 Å². The van der Waals surface area contributed by atoms with Gasteiger partial charge in [0.05, 0.1) is 10.0 Å². The van der Waals surface area contributed by atoms with Gasteiger partial charge in [0.2, 0.25) is 0 Å². The molecule has 0 aliphatic rings. The second-order valence-corrected chi connectivity index (χ2v) is 6.16. The van der Waals surface area contributed by atoms with Crippen molar-refractivity contribution in [2.45, 2.75) is 12.5 Å². The minimum atomic E-state index is -0.521. The third-order valence-corrected chi connectivity index (χ3v) is 4.80. The standard InChI is InChI=1S/C15H12BrCl2F2N/c1-21-12(7-8-3-2-4-11(17)14(8)19)9-5-6-10(16)13(18)15(9)20/h2-6,12,21H,7H2,1H3. The van der Waals surface area contributed by atoms with Crippen molar-refractivity contribution in [1.29, 1.82) is 0 Å². The first kappa shape index (κ1) is 16.7. The van der Waals surface area contributed by atoms with Crippen LogP contribution < -0.4 is 5.32 Å². The summed E-state index contributed by atoms with van der Waals surface area (Å²) in [5.74, 6) is -1.00. The smallest absolute Gasteiger partial charge is 0.147 e. The Morgan fingerprint density at radius 1 is 1.14 bits per heavy atom. The van der Waals surface area contributed by atoms with Crippen LogP contribution in [0.3, 0.4) is 0 Å². The Hall–Kier alpha value is -0.680. The summed E-state index contributed by atoms with van der Waals surface area (Å²) < 4.78 is 28.7. The van der Waals surface area contributed by atoms with Crippen molar-refractivity contribution >= 4 is 39.1 Å². The van der Waals surface area contributed by atoms with Crippen LogP contribution in [-0.4, -0.2) is 7.05 Å². The molecular formula is C15H12BrCl2F2N. The second kappa shape index (κ2) is 7.05. The zero-order valence-electron chi connectivity index (χ0n) is 11.1. The van der Waals surface area contributed by atoms with Crippen LogP contribution in [0.15, 0.2) is 34.8 Å². The Kier molecular flexibility index (Phi) is 5.60. The van der Waals surface area contributed by atoms with Crippen molar-refractivity contribution in [2.24, 2.45) is 0 Å². The van der Waals surface area contributed by atoms with E-state index in [-0.39, 0.29) is 16.5 Å². The molecule has 0 saturated carbocycles. The Morgan fingerprint density at radius 2 is 1.86 bits per heavy atom. The molecule has 0 aromatic heterocycles. The first-order valence-corrected chi connectivity index (χ1v) is 7.74. The van der Waals surface area contributed by atoms with E-state index in [0.717, 1.165) is 0 Å². The lowest BCUT2D eigenvalue weighted by Crippen LogP contribution is -2.20. The molecule has 0 heterocycles. The highest BCUT2D eigenvalue weighted by Crippen LogP contribution is 2.32. The van der Waals surface area contributed by atoms with Crippen molar-refractivity contribution in [2.75, 3.05) is 7.05 Å². The molecule has 6 heteroatoms. The van der Waals surface area contributed by atoms with Gasteiger partial charge >= 0.3 is 0 Å². The van der Waals surface area contributed by atoms with Crippen LogP contribution in [0.5, 0.6) is 0 Å². The van der Waals surface area contributed by atoms with Crippen molar-refractivity contribution in [1.82, 2.24) is 5.32 Å². The van der Waals surface area contributed by atoms with Crippen LogP contribution >= 0.6 is 39.1 Å². The number of hydrogen-bond acceptors (Lipinski definition) is 1. The van der Waals surface area contributed by atoms with Gasteiger partial charge in [-0.3, -0.25) is 0 Å². The number of likely N-dealkylation sites (N-methyl/N-ethyl adjacent to an activating group) is 1. The zero-order chi connectivity index (χ0) is 15.6. The van der Waals surface area contributed by atoms with Crippen molar-refractivity contribution in [3.05, 3.63) is 67.6 Å². The summed E-state index contributed by atoms with van der Waals surface area (Å²) in [7, 11) is 1.68. The maximum atomic E-state index is 14.3. The molecule has 2 aromatic carbocycles. The maximum Gasteiger partial charge on any atom is 0.147 e. The first-order valence-electron chi connectivity index (χ1n) is 6.19. The fourth-order valence-electron chi connectivity index (χ4n) is 2.10. The van der Waals surface area contributed by atoms with Gasteiger partial charge in [-0.05, 0) is 47.1 Å². The quantitative estimate of drug-likeness (QED) is 0.671. The third kappa shape index (κ3) is 3.57. The van der Waals surface area contributed by atoms with E-state index in [1.165, 1.54) is 6.07 Å². The lowest BCUT2D eigenvalue weighted by atomic mass is 9.98. The monoisotopic (exact) mass is 393 g/mol. The minimum Gasteiger partial charge on any atom is -0.313 e. The molecule has 2 aromatic rings. The van der Waals surface area contributed by atoms with E-state index in [9.17, 15) is 8.78 Å². The molecule has 1 unspecified atom stereocenters. The molecule has 0 aliphatic heterocycles. The van der Waals surface area contributed by atoms with E-state index >= 15 is 0 Å². The van der Waals surface area contributed by atoms with Crippen molar-refractivity contribution in [3.63, 3.8) is 0 Å². The number of halogens is 5. The van der Waals surface area contributed by atoms with Crippen molar-refractivity contribution in [3.8, 4) is 0 Å². The average molecular weight is 395 g/mol. The number of rotatable bonds is 4. The van der Waals surface area contributed by atoms with Crippen LogP contribution in [0.1, 0.15) is 17.2 Å². The Labute approximate surface area is 140 Å². The topological polar surface area (TPSA) is 12.0 Å². The SMILES string of the molecule is CNC(Cc1cccc(Cl)c1F)c1ccc(Br)c(Cl)c1F. The third-order valence-electron chi connectivity index (χ3n) is 3.24. The summed E-state index contributed by atoms with van der Waals surface area (Å²) >= 11 is 14.8. The van der Waals surface area contributed by atoms with E-state index in [0.29, 0.717) is 15.6 Å². The Balaban J connectivity index is 2.37. The van der Waals surface area contributed by atoms with Gasteiger partial charge in [0, 0.05) is 16.1 Å². The summed E-state index contributed by atoms with van der Waals surface area (Å²) in [6.07, 6.45) is 0.262. The van der Waals surface area contributed by atoms with E-state index in [4.69, 9.17) is 23.2 Å². The molecule has 1 nitrogen and oxygen atoms in total. The number of benzene rings is 2. The molecule has 0 fully saturated rings. The van der Waals surface area contributed by atoms with Gasteiger partial charge < -0.3 is 5.32 Å². The second-order valence-electron chi connectivity index (χ2n) is 4.52. The van der Waals surface area contributed by atoms with Gasteiger partial charge in [0.25, 0.3) is 0 Å². The maximum absolute atomic E-state index is 14.3. The lowest BCUT2D eigenvalue weighted by Gasteiger charge is -2.19.